The van der Waals surface area contributed by atoms with Gasteiger partial charge >= 0.3 is 0 Å². The molecule has 1 aromatic heterocycles. The summed E-state index contributed by atoms with van der Waals surface area (Å²) < 4.78 is 7.83. The smallest absolute Gasteiger partial charge is 0.191 e. The molecule has 1 heterocycles. The van der Waals surface area contributed by atoms with Crippen LogP contribution in [0.25, 0.3) is 0 Å². The van der Waals surface area contributed by atoms with E-state index in [4.69, 9.17) is 4.74 Å². The van der Waals surface area contributed by atoms with Gasteiger partial charge in [0.05, 0.1) is 0 Å². The summed E-state index contributed by atoms with van der Waals surface area (Å²) in [6.45, 7) is 2.97. The summed E-state index contributed by atoms with van der Waals surface area (Å²) in [7, 11) is 1.78. The lowest BCUT2D eigenvalue weighted by atomic mass is 10.2. The molecule has 2 aromatic carbocycles. The van der Waals surface area contributed by atoms with Gasteiger partial charge in [-0.1, -0.05) is 42.5 Å². The van der Waals surface area contributed by atoms with E-state index in [1.807, 2.05) is 47.3 Å². The second-order valence-corrected chi connectivity index (χ2v) is 6.40. The molecule has 3 rings (SSSR count). The Morgan fingerprint density at radius 1 is 1.03 bits per heavy atom. The number of hydrogen-bond donors (Lipinski definition) is 2. The Hall–Kier alpha value is -2.55. The molecule has 7 heteroatoms. The summed E-state index contributed by atoms with van der Waals surface area (Å²) in [5.41, 5.74) is 2.30. The van der Waals surface area contributed by atoms with E-state index in [2.05, 4.69) is 45.0 Å². The first-order valence-corrected chi connectivity index (χ1v) is 9.51. The fraction of sp³-hybridized carbons (Fsp3) is 0.273. The van der Waals surface area contributed by atoms with Crippen molar-refractivity contribution >= 4 is 29.9 Å². The van der Waals surface area contributed by atoms with Crippen molar-refractivity contribution in [2.24, 2.45) is 4.99 Å². The molecule has 0 aliphatic heterocycles. The Morgan fingerprint density at radius 2 is 1.86 bits per heavy atom. The van der Waals surface area contributed by atoms with Crippen molar-refractivity contribution in [3.63, 3.8) is 0 Å². The van der Waals surface area contributed by atoms with E-state index in [-0.39, 0.29) is 24.0 Å². The fourth-order valence-electron chi connectivity index (χ4n) is 2.77. The first-order valence-electron chi connectivity index (χ1n) is 9.51. The molecular weight excluding hydrogens is 477 g/mol. The molecule has 2 N–H and O–H groups in total. The topological polar surface area (TPSA) is 63.5 Å². The molecule has 0 bridgehead atoms. The van der Waals surface area contributed by atoms with E-state index >= 15 is 0 Å². The van der Waals surface area contributed by atoms with Crippen LogP contribution in [-0.4, -0.2) is 29.3 Å². The minimum Gasteiger partial charge on any atom is -0.489 e. The highest BCUT2D eigenvalue weighted by atomic mass is 127. The molecule has 0 unspecified atom stereocenters. The van der Waals surface area contributed by atoms with Crippen molar-refractivity contribution in [2.75, 3.05) is 13.6 Å². The Morgan fingerprint density at radius 3 is 2.62 bits per heavy atom. The molecule has 0 aliphatic carbocycles. The molecule has 154 valence electrons. The first-order chi connectivity index (χ1) is 13.8. The number of benzene rings is 2. The maximum Gasteiger partial charge on any atom is 0.191 e. The fourth-order valence-corrected chi connectivity index (χ4v) is 2.77. The average molecular weight is 505 g/mol. The summed E-state index contributed by atoms with van der Waals surface area (Å²) in [4.78, 5) is 4.28. The van der Waals surface area contributed by atoms with E-state index in [0.29, 0.717) is 13.2 Å². The van der Waals surface area contributed by atoms with E-state index in [1.165, 1.54) is 0 Å². The molecule has 0 radical (unpaired) electrons. The number of guanidine groups is 1. The van der Waals surface area contributed by atoms with Crippen LogP contribution in [0.1, 0.15) is 17.5 Å². The van der Waals surface area contributed by atoms with Gasteiger partial charge in [0.15, 0.2) is 5.96 Å². The van der Waals surface area contributed by atoms with Crippen LogP contribution in [0.4, 0.5) is 0 Å². The van der Waals surface area contributed by atoms with Gasteiger partial charge in [-0.15, -0.1) is 24.0 Å². The second kappa shape index (κ2) is 12.8. The quantitative estimate of drug-likeness (QED) is 0.201. The van der Waals surface area contributed by atoms with Crippen molar-refractivity contribution in [1.82, 2.24) is 20.4 Å². The van der Waals surface area contributed by atoms with Crippen molar-refractivity contribution in [2.45, 2.75) is 26.1 Å². The number of nitrogens with zero attached hydrogens (tertiary/aromatic N) is 3. The van der Waals surface area contributed by atoms with E-state index in [0.717, 1.165) is 42.3 Å². The third-order valence-electron chi connectivity index (χ3n) is 4.25. The van der Waals surface area contributed by atoms with Crippen molar-refractivity contribution in [3.05, 3.63) is 84.2 Å². The molecule has 0 spiro atoms. The zero-order valence-electron chi connectivity index (χ0n) is 16.6. The van der Waals surface area contributed by atoms with Crippen LogP contribution in [0.5, 0.6) is 5.75 Å². The summed E-state index contributed by atoms with van der Waals surface area (Å²) in [6.07, 6.45) is 4.75. The summed E-state index contributed by atoms with van der Waals surface area (Å²) >= 11 is 0. The first kappa shape index (κ1) is 22.7. The lowest BCUT2D eigenvalue weighted by Gasteiger charge is -2.13. The van der Waals surface area contributed by atoms with Crippen LogP contribution >= 0.6 is 24.0 Å². The van der Waals surface area contributed by atoms with Crippen LogP contribution in [0.15, 0.2) is 78.0 Å². The molecule has 6 nitrogen and oxygen atoms in total. The van der Waals surface area contributed by atoms with Crippen molar-refractivity contribution in [1.29, 1.82) is 0 Å². The third kappa shape index (κ3) is 8.15. The van der Waals surface area contributed by atoms with Crippen LogP contribution < -0.4 is 15.4 Å². The van der Waals surface area contributed by atoms with Crippen LogP contribution in [0.3, 0.4) is 0 Å². The lowest BCUT2D eigenvalue weighted by Crippen LogP contribution is -2.37. The molecular formula is C22H28IN5O. The van der Waals surface area contributed by atoms with Gasteiger partial charge in [0.2, 0.25) is 0 Å². The van der Waals surface area contributed by atoms with Crippen LogP contribution in [0, 0.1) is 0 Å². The van der Waals surface area contributed by atoms with Gasteiger partial charge in [-0.3, -0.25) is 9.67 Å². The summed E-state index contributed by atoms with van der Waals surface area (Å²) in [5, 5.41) is 10.9. The minimum atomic E-state index is 0. The Labute approximate surface area is 189 Å². The number of halogens is 1. The molecule has 0 saturated carbocycles. The van der Waals surface area contributed by atoms with Crippen molar-refractivity contribution < 1.29 is 4.74 Å². The second-order valence-electron chi connectivity index (χ2n) is 6.40. The maximum absolute atomic E-state index is 5.90. The molecule has 3 aromatic rings. The molecule has 29 heavy (non-hydrogen) atoms. The van der Waals surface area contributed by atoms with Gasteiger partial charge in [0.25, 0.3) is 0 Å². The van der Waals surface area contributed by atoms with Crippen LogP contribution in [-0.2, 0) is 19.7 Å². The van der Waals surface area contributed by atoms with Crippen LogP contribution in [0.2, 0.25) is 0 Å². The Balaban J connectivity index is 0.00000300. The number of hydrogen-bond acceptors (Lipinski definition) is 3. The highest BCUT2D eigenvalue weighted by Crippen LogP contribution is 2.15. The molecule has 0 amide bonds. The van der Waals surface area contributed by atoms with Gasteiger partial charge in [-0.25, -0.2) is 0 Å². The van der Waals surface area contributed by atoms with Gasteiger partial charge in [-0.05, 0) is 35.7 Å². The SMILES string of the molecule is CN=C(NCCCn1cccn1)NCc1cccc(OCc2ccccc2)c1.I. The largest absolute Gasteiger partial charge is 0.489 e. The van der Waals surface area contributed by atoms with E-state index in [1.54, 1.807) is 13.2 Å². The van der Waals surface area contributed by atoms with Gasteiger partial charge < -0.3 is 15.4 Å². The molecule has 0 aliphatic rings. The standard InChI is InChI=1S/C22H27N5O.HI/c1-23-22(24-12-6-14-27-15-7-13-26-27)25-17-20-10-5-11-21(16-20)28-18-19-8-3-2-4-9-19;/h2-5,7-11,13,15-16H,6,12,14,17-18H2,1H3,(H2,23,24,25);1H. The normalized spacial score (nSPS) is 10.9. The van der Waals surface area contributed by atoms with Crippen molar-refractivity contribution in [3.8, 4) is 5.75 Å². The Kier molecular flexibility index (Phi) is 10.1. The van der Waals surface area contributed by atoms with Gasteiger partial charge in [-0.2, -0.15) is 5.10 Å². The summed E-state index contributed by atoms with van der Waals surface area (Å²) in [6, 6.07) is 20.2. The Bertz CT molecular complexity index is 853. The maximum atomic E-state index is 5.90. The number of aromatic nitrogens is 2. The number of rotatable bonds is 9. The number of nitrogens with one attached hydrogen (secondary N) is 2. The highest BCUT2D eigenvalue weighted by molar-refractivity contribution is 14.0. The van der Waals surface area contributed by atoms with Gasteiger partial charge in [0, 0.05) is 39.1 Å². The number of aryl methyl sites for hydroxylation is 1. The zero-order chi connectivity index (χ0) is 19.4. The zero-order valence-corrected chi connectivity index (χ0v) is 19.0. The minimum absolute atomic E-state index is 0. The van der Waals surface area contributed by atoms with E-state index in [9.17, 15) is 0 Å². The monoisotopic (exact) mass is 505 g/mol. The lowest BCUT2D eigenvalue weighted by molar-refractivity contribution is 0.306. The third-order valence-corrected chi connectivity index (χ3v) is 4.25. The molecule has 0 saturated heterocycles. The highest BCUT2D eigenvalue weighted by Gasteiger charge is 2.01. The number of ether oxygens (including phenoxy) is 1. The number of aliphatic imine (C=N–C) groups is 1. The predicted octanol–water partition coefficient (Wildman–Crippen LogP) is 3.84. The van der Waals surface area contributed by atoms with E-state index < -0.39 is 0 Å². The molecule has 0 atom stereocenters. The molecule has 0 fully saturated rings. The summed E-state index contributed by atoms with van der Waals surface area (Å²) in [5.74, 6) is 1.65. The van der Waals surface area contributed by atoms with Gasteiger partial charge in [0.1, 0.15) is 12.4 Å². The average Bonchev–Trinajstić information content (AvgIpc) is 3.26. The predicted molar refractivity (Wildman–Crippen MR) is 128 cm³/mol.